The average molecular weight is 487 g/mol. The van der Waals surface area contributed by atoms with Crippen LogP contribution in [0.5, 0.6) is 5.75 Å². The number of hydrogen-bond acceptors (Lipinski definition) is 8. The average Bonchev–Trinajstić information content (AvgIpc) is 3.23. The number of halogens is 1. The summed E-state index contributed by atoms with van der Waals surface area (Å²) >= 11 is 6.26. The van der Waals surface area contributed by atoms with E-state index < -0.39 is 4.92 Å². The van der Waals surface area contributed by atoms with Gasteiger partial charge in [0.15, 0.2) is 12.5 Å². The van der Waals surface area contributed by atoms with E-state index in [-0.39, 0.29) is 18.4 Å². The molecule has 0 bridgehead atoms. The predicted molar refractivity (Wildman–Crippen MR) is 125 cm³/mol. The third-order valence-electron chi connectivity index (χ3n) is 5.57. The van der Waals surface area contributed by atoms with Crippen molar-refractivity contribution in [1.29, 1.82) is 0 Å². The minimum absolute atomic E-state index is 0.0572. The summed E-state index contributed by atoms with van der Waals surface area (Å²) in [4.78, 5) is 27.3. The molecule has 0 radical (unpaired) electrons. The second kappa shape index (κ2) is 10.1. The fourth-order valence-corrected chi connectivity index (χ4v) is 4.04. The molecule has 1 amide bonds. The molecule has 0 saturated carbocycles. The lowest BCUT2D eigenvalue weighted by Crippen LogP contribution is -2.49. The van der Waals surface area contributed by atoms with Gasteiger partial charge in [-0.15, -0.1) is 5.10 Å². The fraction of sp³-hybridized carbons (Fsp3) is 0.318. The Bertz CT molecular complexity index is 1190. The van der Waals surface area contributed by atoms with Gasteiger partial charge in [-0.3, -0.25) is 14.9 Å². The number of nitrogens with zero attached hydrogens (tertiary/aromatic N) is 6. The number of piperazine rings is 1. The van der Waals surface area contributed by atoms with Gasteiger partial charge in [-0.1, -0.05) is 16.8 Å². The van der Waals surface area contributed by atoms with Crippen molar-refractivity contribution in [1.82, 2.24) is 19.9 Å². The molecule has 12 heteroatoms. The van der Waals surface area contributed by atoms with Crippen molar-refractivity contribution >= 4 is 28.9 Å². The summed E-state index contributed by atoms with van der Waals surface area (Å²) in [6, 6.07) is 11.6. The molecule has 3 aromatic rings. The van der Waals surface area contributed by atoms with E-state index in [2.05, 4.69) is 10.3 Å². The molecule has 1 saturated heterocycles. The van der Waals surface area contributed by atoms with Crippen LogP contribution in [0.1, 0.15) is 16.2 Å². The van der Waals surface area contributed by atoms with E-state index in [1.807, 2.05) is 17.0 Å². The first kappa shape index (κ1) is 23.5. The number of carbonyl (C=O) groups is 1. The van der Waals surface area contributed by atoms with Crippen LogP contribution in [0, 0.1) is 17.0 Å². The maximum Gasteiger partial charge on any atom is 0.276 e. The van der Waals surface area contributed by atoms with Crippen LogP contribution in [0.3, 0.4) is 0 Å². The molecule has 34 heavy (non-hydrogen) atoms. The third-order valence-corrected chi connectivity index (χ3v) is 5.87. The van der Waals surface area contributed by atoms with Crippen molar-refractivity contribution in [3.05, 3.63) is 69.0 Å². The monoisotopic (exact) mass is 486 g/mol. The maximum atomic E-state index is 13.1. The van der Waals surface area contributed by atoms with Crippen LogP contribution in [0.25, 0.3) is 5.69 Å². The van der Waals surface area contributed by atoms with Crippen molar-refractivity contribution in [3.63, 3.8) is 0 Å². The van der Waals surface area contributed by atoms with Gasteiger partial charge in [0, 0.05) is 45.4 Å². The van der Waals surface area contributed by atoms with Gasteiger partial charge in [-0.2, -0.15) is 0 Å². The second-order valence-electron chi connectivity index (χ2n) is 7.65. The van der Waals surface area contributed by atoms with Crippen molar-refractivity contribution in [3.8, 4) is 11.4 Å². The maximum absolute atomic E-state index is 13.1. The van der Waals surface area contributed by atoms with Crippen molar-refractivity contribution in [2.75, 3.05) is 45.0 Å². The molecule has 1 fully saturated rings. The summed E-state index contributed by atoms with van der Waals surface area (Å²) in [6.07, 6.45) is 0. The van der Waals surface area contributed by atoms with Gasteiger partial charge >= 0.3 is 0 Å². The molecular weight excluding hydrogens is 464 g/mol. The number of nitro groups is 1. The first-order valence-corrected chi connectivity index (χ1v) is 10.9. The van der Waals surface area contributed by atoms with Crippen LogP contribution in [0.15, 0.2) is 42.5 Å². The third kappa shape index (κ3) is 4.80. The first-order chi connectivity index (χ1) is 16.4. The summed E-state index contributed by atoms with van der Waals surface area (Å²) in [7, 11) is 1.55. The quantitative estimate of drug-likeness (QED) is 0.284. The van der Waals surface area contributed by atoms with E-state index in [0.717, 1.165) is 5.69 Å². The highest BCUT2D eigenvalue weighted by atomic mass is 35.5. The van der Waals surface area contributed by atoms with Gasteiger partial charge in [0.25, 0.3) is 11.6 Å². The second-order valence-corrected chi connectivity index (χ2v) is 8.06. The number of benzene rings is 2. The van der Waals surface area contributed by atoms with Crippen LogP contribution in [-0.4, -0.2) is 70.8 Å². The molecule has 1 aliphatic heterocycles. The summed E-state index contributed by atoms with van der Waals surface area (Å²) in [5.41, 5.74) is 2.34. The highest BCUT2D eigenvalue weighted by Gasteiger charge is 2.27. The zero-order valence-electron chi connectivity index (χ0n) is 18.7. The molecule has 0 aliphatic carbocycles. The number of hydrogen-bond donors (Lipinski definition) is 0. The summed E-state index contributed by atoms with van der Waals surface area (Å²) < 4.78 is 11.9. The molecular formula is C22H23ClN6O5. The number of amides is 1. The van der Waals surface area contributed by atoms with E-state index in [1.165, 1.54) is 12.1 Å². The lowest BCUT2D eigenvalue weighted by atomic mass is 10.2. The first-order valence-electron chi connectivity index (χ1n) is 10.5. The van der Waals surface area contributed by atoms with E-state index in [9.17, 15) is 14.9 Å². The van der Waals surface area contributed by atoms with E-state index in [0.29, 0.717) is 54.0 Å². The molecule has 0 spiro atoms. The molecule has 0 atom stereocenters. The largest absolute Gasteiger partial charge is 0.468 e. The number of non-ortho nitro benzene ring substituents is 1. The normalized spacial score (nSPS) is 13.7. The molecule has 178 valence electrons. The lowest BCUT2D eigenvalue weighted by molar-refractivity contribution is -0.384. The molecule has 11 nitrogen and oxygen atoms in total. The van der Waals surface area contributed by atoms with Gasteiger partial charge in [-0.25, -0.2) is 4.68 Å². The Hall–Kier alpha value is -3.70. The number of methoxy groups -OCH3 is 1. The van der Waals surface area contributed by atoms with E-state index in [1.54, 1.807) is 41.8 Å². The Morgan fingerprint density at radius 2 is 1.85 bits per heavy atom. The van der Waals surface area contributed by atoms with Crippen molar-refractivity contribution in [2.45, 2.75) is 6.92 Å². The van der Waals surface area contributed by atoms with Crippen molar-refractivity contribution in [2.24, 2.45) is 0 Å². The molecule has 4 rings (SSSR count). The minimum Gasteiger partial charge on any atom is -0.468 e. The Kier molecular flexibility index (Phi) is 6.94. The number of anilines is 1. The van der Waals surface area contributed by atoms with Crippen LogP contribution in [0.2, 0.25) is 5.02 Å². The topological polar surface area (TPSA) is 116 Å². The molecule has 1 aliphatic rings. The van der Waals surface area contributed by atoms with Crippen LogP contribution < -0.4 is 9.64 Å². The van der Waals surface area contributed by atoms with E-state index in [4.69, 9.17) is 21.1 Å². The van der Waals surface area contributed by atoms with Gasteiger partial charge in [0.1, 0.15) is 5.75 Å². The van der Waals surface area contributed by atoms with E-state index >= 15 is 0 Å². The number of nitro benzene ring substituents is 1. The SMILES string of the molecule is COCOc1ccc(-n2nnc(C(=O)N3CCN(c4ccc([N+](=O)[O-])cc4Cl)CC3)c2C)cc1. The molecule has 2 heterocycles. The Morgan fingerprint density at radius 1 is 1.15 bits per heavy atom. The zero-order valence-corrected chi connectivity index (χ0v) is 19.4. The summed E-state index contributed by atoms with van der Waals surface area (Å²) in [6.45, 7) is 3.96. The molecule has 0 unspecified atom stereocenters. The molecule has 1 aromatic heterocycles. The fourth-order valence-electron chi connectivity index (χ4n) is 3.75. The molecule has 2 aromatic carbocycles. The summed E-state index contributed by atoms with van der Waals surface area (Å²) in [5, 5.41) is 19.5. The number of rotatable bonds is 7. The standard InChI is InChI=1S/C22H23ClN6O5/c1-15-21(24-25-28(15)16-3-6-18(7-4-16)34-14-33-2)22(30)27-11-9-26(10-12-27)20-8-5-17(29(31)32)13-19(20)23/h3-8,13H,9-12,14H2,1-2H3. The Balaban J connectivity index is 1.42. The van der Waals surface area contributed by atoms with Crippen LogP contribution in [0.4, 0.5) is 11.4 Å². The smallest absolute Gasteiger partial charge is 0.276 e. The van der Waals surface area contributed by atoms with Gasteiger partial charge in [-0.05, 0) is 37.3 Å². The lowest BCUT2D eigenvalue weighted by Gasteiger charge is -2.36. The van der Waals surface area contributed by atoms with Gasteiger partial charge in [0.2, 0.25) is 0 Å². The highest BCUT2D eigenvalue weighted by Crippen LogP contribution is 2.30. The van der Waals surface area contributed by atoms with Crippen molar-refractivity contribution < 1.29 is 19.2 Å². The Labute approximate surface area is 200 Å². The highest BCUT2D eigenvalue weighted by molar-refractivity contribution is 6.33. The number of aromatic nitrogens is 3. The molecule has 0 N–H and O–H groups in total. The van der Waals surface area contributed by atoms with Gasteiger partial charge in [0.05, 0.1) is 27.0 Å². The van der Waals surface area contributed by atoms with Crippen LogP contribution >= 0.6 is 11.6 Å². The number of ether oxygens (including phenoxy) is 2. The predicted octanol–water partition coefficient (Wildman–Crippen LogP) is 3.08. The summed E-state index contributed by atoms with van der Waals surface area (Å²) in [5.74, 6) is 0.462. The van der Waals surface area contributed by atoms with Crippen LogP contribution in [-0.2, 0) is 4.74 Å². The minimum atomic E-state index is -0.481. The van der Waals surface area contributed by atoms with Gasteiger partial charge < -0.3 is 19.3 Å². The Morgan fingerprint density at radius 3 is 2.47 bits per heavy atom. The zero-order chi connectivity index (χ0) is 24.2. The number of carbonyl (C=O) groups excluding carboxylic acids is 1.